The highest BCUT2D eigenvalue weighted by atomic mass is 16.2. The first-order valence-electron chi connectivity index (χ1n) is 7.81. The molecule has 21 heavy (non-hydrogen) atoms. The Labute approximate surface area is 128 Å². The molecule has 1 aromatic heterocycles. The van der Waals surface area contributed by atoms with Crippen LogP contribution in [0.3, 0.4) is 0 Å². The lowest BCUT2D eigenvalue weighted by Crippen LogP contribution is -2.29. The molecule has 0 spiro atoms. The van der Waals surface area contributed by atoms with E-state index in [1.54, 1.807) is 11.0 Å². The molecule has 0 unspecified atom stereocenters. The summed E-state index contributed by atoms with van der Waals surface area (Å²) < 4.78 is 0. The molecule has 0 N–H and O–H groups in total. The third-order valence-electron chi connectivity index (χ3n) is 3.48. The van der Waals surface area contributed by atoms with Gasteiger partial charge < -0.3 is 9.80 Å². The van der Waals surface area contributed by atoms with Gasteiger partial charge in [0.1, 0.15) is 17.3 Å². The van der Waals surface area contributed by atoms with E-state index in [4.69, 9.17) is 0 Å². The maximum absolute atomic E-state index is 12.4. The molecule has 0 aliphatic carbocycles. The van der Waals surface area contributed by atoms with Crippen molar-refractivity contribution in [2.75, 3.05) is 32.1 Å². The molecule has 0 aliphatic heterocycles. The summed E-state index contributed by atoms with van der Waals surface area (Å²) in [5.74, 6) is 1.44. The van der Waals surface area contributed by atoms with E-state index in [0.29, 0.717) is 11.5 Å². The molecule has 0 bridgehead atoms. The molecule has 1 aromatic rings. The smallest absolute Gasteiger partial charge is 0.272 e. The van der Waals surface area contributed by atoms with Gasteiger partial charge in [0, 0.05) is 33.3 Å². The molecule has 118 valence electrons. The molecule has 0 fully saturated rings. The zero-order valence-corrected chi connectivity index (χ0v) is 14.0. The summed E-state index contributed by atoms with van der Waals surface area (Å²) in [6.45, 7) is 7.82. The highest BCUT2D eigenvalue weighted by Crippen LogP contribution is 2.13. The van der Waals surface area contributed by atoms with Crippen molar-refractivity contribution in [2.24, 2.45) is 0 Å². The van der Waals surface area contributed by atoms with Crippen LogP contribution in [0.5, 0.6) is 0 Å². The molecule has 1 heterocycles. The number of anilines is 1. The lowest BCUT2D eigenvalue weighted by Gasteiger charge is -2.20. The number of aryl methyl sites for hydroxylation is 1. The topological polar surface area (TPSA) is 49.3 Å². The van der Waals surface area contributed by atoms with Crippen molar-refractivity contribution < 1.29 is 4.79 Å². The second-order valence-electron chi connectivity index (χ2n) is 5.51. The first-order chi connectivity index (χ1) is 9.99. The Morgan fingerprint density at radius 2 is 1.71 bits per heavy atom. The van der Waals surface area contributed by atoms with Gasteiger partial charge in [-0.05, 0) is 19.8 Å². The number of carbonyl (C=O) groups is 1. The highest BCUT2D eigenvalue weighted by molar-refractivity contribution is 5.92. The van der Waals surface area contributed by atoms with Crippen LogP contribution in [0.2, 0.25) is 0 Å². The third kappa shape index (κ3) is 5.33. The number of rotatable bonds is 8. The maximum atomic E-state index is 12.4. The van der Waals surface area contributed by atoms with Crippen LogP contribution in [0.4, 0.5) is 5.82 Å². The first-order valence-corrected chi connectivity index (χ1v) is 7.81. The van der Waals surface area contributed by atoms with E-state index in [-0.39, 0.29) is 5.91 Å². The van der Waals surface area contributed by atoms with Crippen molar-refractivity contribution in [3.8, 4) is 0 Å². The lowest BCUT2D eigenvalue weighted by atomic mass is 10.2. The summed E-state index contributed by atoms with van der Waals surface area (Å²) in [6.07, 6.45) is 4.33. The van der Waals surface area contributed by atoms with E-state index in [9.17, 15) is 4.79 Å². The van der Waals surface area contributed by atoms with Gasteiger partial charge in [-0.2, -0.15) is 0 Å². The Hall–Kier alpha value is -1.65. The fraction of sp³-hybridized carbons (Fsp3) is 0.688. The van der Waals surface area contributed by atoms with Crippen LogP contribution in [-0.2, 0) is 0 Å². The largest absolute Gasteiger partial charge is 0.360 e. The minimum atomic E-state index is -0.0286. The van der Waals surface area contributed by atoms with Crippen LogP contribution >= 0.6 is 0 Å². The number of nitrogens with zero attached hydrogens (tertiary/aromatic N) is 4. The minimum absolute atomic E-state index is 0.0286. The number of hydrogen-bond donors (Lipinski definition) is 0. The van der Waals surface area contributed by atoms with Gasteiger partial charge in [-0.1, -0.05) is 26.7 Å². The number of amides is 1. The molecule has 0 atom stereocenters. The second-order valence-corrected chi connectivity index (χ2v) is 5.51. The van der Waals surface area contributed by atoms with Gasteiger partial charge in [0.2, 0.25) is 0 Å². The number of carbonyl (C=O) groups excluding carboxylic acids is 1. The Morgan fingerprint density at radius 3 is 2.33 bits per heavy atom. The van der Waals surface area contributed by atoms with E-state index in [1.807, 2.05) is 21.0 Å². The van der Waals surface area contributed by atoms with Crippen molar-refractivity contribution in [3.63, 3.8) is 0 Å². The summed E-state index contributed by atoms with van der Waals surface area (Å²) in [6, 6.07) is 1.80. The van der Waals surface area contributed by atoms with Gasteiger partial charge >= 0.3 is 0 Å². The fourth-order valence-electron chi connectivity index (χ4n) is 2.06. The zero-order chi connectivity index (χ0) is 15.8. The molecule has 5 heteroatoms. The average molecular weight is 292 g/mol. The normalized spacial score (nSPS) is 10.5. The van der Waals surface area contributed by atoms with Gasteiger partial charge in [0.25, 0.3) is 5.91 Å². The Balaban J connectivity index is 2.88. The quantitative estimate of drug-likeness (QED) is 0.739. The summed E-state index contributed by atoms with van der Waals surface area (Å²) >= 11 is 0. The van der Waals surface area contributed by atoms with Crippen molar-refractivity contribution >= 4 is 11.7 Å². The summed E-state index contributed by atoms with van der Waals surface area (Å²) in [5, 5.41) is 0. The van der Waals surface area contributed by atoms with Gasteiger partial charge in [0.05, 0.1) is 0 Å². The molecule has 0 saturated carbocycles. The fourth-order valence-corrected chi connectivity index (χ4v) is 2.06. The Morgan fingerprint density at radius 1 is 1.10 bits per heavy atom. The van der Waals surface area contributed by atoms with Crippen molar-refractivity contribution in [3.05, 3.63) is 17.6 Å². The SMILES string of the molecule is CCCCN(C)C(=O)c1cc(N(C)CCCC)nc(C)n1. The zero-order valence-electron chi connectivity index (χ0n) is 14.0. The Bertz CT molecular complexity index is 462. The molecule has 1 amide bonds. The van der Waals surface area contributed by atoms with Gasteiger partial charge in [0.15, 0.2) is 0 Å². The predicted octanol–water partition coefficient (Wildman–Crippen LogP) is 2.89. The molecule has 0 saturated heterocycles. The van der Waals surface area contributed by atoms with Crippen LogP contribution in [0.15, 0.2) is 6.07 Å². The van der Waals surface area contributed by atoms with E-state index in [2.05, 4.69) is 28.7 Å². The molecular formula is C16H28N4O. The monoisotopic (exact) mass is 292 g/mol. The first kappa shape index (κ1) is 17.4. The lowest BCUT2D eigenvalue weighted by molar-refractivity contribution is 0.0787. The van der Waals surface area contributed by atoms with Gasteiger partial charge in [-0.25, -0.2) is 9.97 Å². The van der Waals surface area contributed by atoms with Crippen molar-refractivity contribution in [2.45, 2.75) is 46.5 Å². The van der Waals surface area contributed by atoms with E-state index >= 15 is 0 Å². The van der Waals surface area contributed by atoms with Crippen LogP contribution < -0.4 is 4.90 Å². The number of hydrogen-bond acceptors (Lipinski definition) is 4. The number of unbranched alkanes of at least 4 members (excludes halogenated alkanes) is 2. The minimum Gasteiger partial charge on any atom is -0.360 e. The van der Waals surface area contributed by atoms with Crippen LogP contribution in [-0.4, -0.2) is 48.0 Å². The van der Waals surface area contributed by atoms with Crippen LogP contribution in [0, 0.1) is 6.92 Å². The molecular weight excluding hydrogens is 264 g/mol. The average Bonchev–Trinajstić information content (AvgIpc) is 2.48. The van der Waals surface area contributed by atoms with Crippen molar-refractivity contribution in [1.29, 1.82) is 0 Å². The highest BCUT2D eigenvalue weighted by Gasteiger charge is 2.16. The summed E-state index contributed by atoms with van der Waals surface area (Å²) in [4.78, 5) is 25.0. The van der Waals surface area contributed by atoms with Gasteiger partial charge in [-0.15, -0.1) is 0 Å². The van der Waals surface area contributed by atoms with E-state index in [0.717, 1.165) is 44.6 Å². The maximum Gasteiger partial charge on any atom is 0.272 e. The molecule has 0 aromatic carbocycles. The van der Waals surface area contributed by atoms with E-state index < -0.39 is 0 Å². The van der Waals surface area contributed by atoms with Crippen LogP contribution in [0.1, 0.15) is 55.8 Å². The van der Waals surface area contributed by atoms with E-state index in [1.165, 1.54) is 0 Å². The Kier molecular flexibility index (Phi) is 7.12. The number of aromatic nitrogens is 2. The summed E-state index contributed by atoms with van der Waals surface area (Å²) in [5.41, 5.74) is 0.486. The van der Waals surface area contributed by atoms with Crippen molar-refractivity contribution in [1.82, 2.24) is 14.9 Å². The van der Waals surface area contributed by atoms with Crippen LogP contribution in [0.25, 0.3) is 0 Å². The third-order valence-corrected chi connectivity index (χ3v) is 3.48. The molecule has 0 aliphatic rings. The second kappa shape index (κ2) is 8.60. The molecule has 1 rings (SSSR count). The predicted molar refractivity (Wildman–Crippen MR) is 86.8 cm³/mol. The van der Waals surface area contributed by atoms with Gasteiger partial charge in [-0.3, -0.25) is 4.79 Å². The summed E-state index contributed by atoms with van der Waals surface area (Å²) in [7, 11) is 3.84. The standard InChI is InChI=1S/C16H28N4O/c1-6-8-10-19(4)15-12-14(17-13(3)18-15)16(21)20(5)11-9-7-2/h12H,6-11H2,1-5H3. The molecule has 0 radical (unpaired) electrons. The molecule has 5 nitrogen and oxygen atoms in total.